The summed E-state index contributed by atoms with van der Waals surface area (Å²) in [5.41, 5.74) is 5.18. The largest absolute Gasteiger partial charge is 0.673 e. The minimum atomic E-state index is -6.00. The second-order valence-corrected chi connectivity index (χ2v) is 13.1. The zero-order valence-corrected chi connectivity index (χ0v) is 29.4. The summed E-state index contributed by atoms with van der Waals surface area (Å²) in [5.74, 6) is 1.87. The maximum absolute atomic E-state index is 9.75. The lowest BCUT2D eigenvalue weighted by Gasteiger charge is -2.04. The van der Waals surface area contributed by atoms with Crippen molar-refractivity contribution in [1.29, 1.82) is 0 Å². The zero-order chi connectivity index (χ0) is 34.0. The van der Waals surface area contributed by atoms with E-state index in [9.17, 15) is 17.3 Å². The molecule has 0 N–H and O–H groups in total. The van der Waals surface area contributed by atoms with E-state index in [-0.39, 0.29) is 0 Å². The first-order valence-corrected chi connectivity index (χ1v) is 18.8. The number of hydrogen-bond donors (Lipinski definition) is 0. The second-order valence-electron chi connectivity index (χ2n) is 13.1. The summed E-state index contributed by atoms with van der Waals surface area (Å²) in [7, 11) is -6.00. The van der Waals surface area contributed by atoms with Crippen molar-refractivity contribution in [1.82, 2.24) is 0 Å². The molecule has 3 aromatic rings. The molecule has 0 atom stereocenters. The van der Waals surface area contributed by atoms with Crippen LogP contribution >= 0.6 is 0 Å². The number of aryl methyl sites for hydroxylation is 2. The Kier molecular flexibility index (Phi) is 21.9. The third kappa shape index (κ3) is 21.1. The third-order valence-corrected chi connectivity index (χ3v) is 8.83. The van der Waals surface area contributed by atoms with Crippen LogP contribution < -0.4 is 0 Å². The number of rotatable bonds is 24. The summed E-state index contributed by atoms with van der Waals surface area (Å²) in [4.78, 5) is 0. The average molecular weight is 657 g/mol. The Labute approximate surface area is 284 Å². The van der Waals surface area contributed by atoms with Crippen LogP contribution in [-0.2, 0) is 12.8 Å². The highest BCUT2D eigenvalue weighted by molar-refractivity contribution is 6.50. The zero-order valence-electron chi connectivity index (χ0n) is 29.4. The highest BCUT2D eigenvalue weighted by Gasteiger charge is 2.20. The van der Waals surface area contributed by atoms with Crippen molar-refractivity contribution in [2.24, 2.45) is 0 Å². The van der Waals surface area contributed by atoms with Gasteiger partial charge in [-0.25, -0.2) is 4.42 Å². The lowest BCUT2D eigenvalue weighted by Crippen LogP contribution is -2.02. The summed E-state index contributed by atoms with van der Waals surface area (Å²) in [5, 5.41) is 0. The number of unbranched alkanes of at least 4 members (excludes halogenated alkanes) is 18. The van der Waals surface area contributed by atoms with E-state index in [1.54, 1.807) is 0 Å². The van der Waals surface area contributed by atoms with E-state index in [0.717, 1.165) is 22.6 Å². The molecule has 0 aliphatic carbocycles. The molecule has 262 valence electrons. The summed E-state index contributed by atoms with van der Waals surface area (Å²) in [6, 6.07) is 24.3. The number of hydrogen-bond acceptors (Lipinski definition) is 0. The Morgan fingerprint density at radius 3 is 0.979 bits per heavy atom. The Morgan fingerprint density at radius 1 is 0.404 bits per heavy atom. The fraction of sp³-hybridized carbons (Fsp3) is 0.585. The van der Waals surface area contributed by atoms with Crippen molar-refractivity contribution in [2.45, 2.75) is 155 Å². The lowest BCUT2D eigenvalue weighted by atomic mass is 10.0. The quantitative estimate of drug-likeness (QED) is 0.0404. The van der Waals surface area contributed by atoms with Crippen molar-refractivity contribution in [3.05, 3.63) is 77.9 Å². The van der Waals surface area contributed by atoms with Crippen molar-refractivity contribution in [3.8, 4) is 22.6 Å². The van der Waals surface area contributed by atoms with Crippen LogP contribution in [0.15, 0.2) is 71.1 Å². The van der Waals surface area contributed by atoms with Crippen LogP contribution in [0.4, 0.5) is 17.3 Å². The molecule has 0 spiro atoms. The van der Waals surface area contributed by atoms with E-state index >= 15 is 0 Å². The van der Waals surface area contributed by atoms with Gasteiger partial charge in [-0.05, 0) is 67.1 Å². The molecule has 1 heterocycles. The van der Waals surface area contributed by atoms with Crippen LogP contribution in [0.25, 0.3) is 22.6 Å². The standard InChI is InChI=1S/C41H61O.BF4/c1-3-5-7-9-11-13-15-17-19-21-24-36-28-32-38(33-29-36)40-26-23-27-41(42-40)39-34-30-37(31-35-39)25-22-20-18-16-14-12-10-8-6-4-2;2-1(3,4)5/h23,26-35H,3-22,24-25H2,1-2H3;/q+1;-1. The van der Waals surface area contributed by atoms with Crippen molar-refractivity contribution in [3.63, 3.8) is 0 Å². The van der Waals surface area contributed by atoms with Crippen LogP contribution in [0.2, 0.25) is 0 Å². The summed E-state index contributed by atoms with van der Waals surface area (Å²) < 4.78 is 45.4. The highest BCUT2D eigenvalue weighted by Crippen LogP contribution is 2.27. The topological polar surface area (TPSA) is 11.3 Å². The minimum absolute atomic E-state index is 0.937. The van der Waals surface area contributed by atoms with Crippen molar-refractivity contribution < 1.29 is 21.7 Å². The van der Waals surface area contributed by atoms with Gasteiger partial charge in [-0.2, -0.15) is 0 Å². The van der Waals surface area contributed by atoms with Crippen LogP contribution in [-0.4, -0.2) is 7.25 Å². The molecule has 0 saturated heterocycles. The molecule has 0 bridgehead atoms. The van der Waals surface area contributed by atoms with E-state index in [0.29, 0.717) is 0 Å². The van der Waals surface area contributed by atoms with Crippen molar-refractivity contribution >= 4 is 7.25 Å². The molecule has 0 aliphatic rings. The Hall–Kier alpha value is -2.63. The Bertz CT molecular complexity index is 1070. The molecule has 2 aromatic carbocycles. The van der Waals surface area contributed by atoms with Crippen LogP contribution in [0.1, 0.15) is 153 Å². The van der Waals surface area contributed by atoms with Gasteiger partial charge in [-0.3, -0.25) is 0 Å². The van der Waals surface area contributed by atoms with E-state index < -0.39 is 7.25 Å². The van der Waals surface area contributed by atoms with Gasteiger partial charge in [0.15, 0.2) is 0 Å². The van der Waals surface area contributed by atoms with Crippen molar-refractivity contribution in [2.75, 3.05) is 0 Å². The van der Waals surface area contributed by atoms with Crippen LogP contribution in [0, 0.1) is 0 Å². The van der Waals surface area contributed by atoms with Gasteiger partial charge in [0.05, 0.1) is 11.1 Å². The smallest absolute Gasteiger partial charge is 0.418 e. The van der Waals surface area contributed by atoms with Gasteiger partial charge >= 0.3 is 18.8 Å². The first-order valence-electron chi connectivity index (χ1n) is 18.8. The predicted molar refractivity (Wildman–Crippen MR) is 195 cm³/mol. The summed E-state index contributed by atoms with van der Waals surface area (Å²) >= 11 is 0. The Morgan fingerprint density at radius 2 is 0.681 bits per heavy atom. The van der Waals surface area contributed by atoms with Crippen LogP contribution in [0.5, 0.6) is 0 Å². The monoisotopic (exact) mass is 656 g/mol. The summed E-state index contributed by atoms with van der Waals surface area (Å²) in [6.07, 6.45) is 30.2. The molecule has 0 fully saturated rings. The highest BCUT2D eigenvalue weighted by atomic mass is 19.5. The molecule has 0 saturated carbocycles. The maximum Gasteiger partial charge on any atom is 0.673 e. The van der Waals surface area contributed by atoms with Gasteiger partial charge in [0.1, 0.15) is 0 Å². The molecule has 0 aliphatic heterocycles. The van der Waals surface area contributed by atoms with E-state index in [1.807, 2.05) is 0 Å². The summed E-state index contributed by atoms with van der Waals surface area (Å²) in [6.45, 7) is 4.58. The van der Waals surface area contributed by atoms with Gasteiger partial charge in [0, 0.05) is 12.1 Å². The normalized spacial score (nSPS) is 11.4. The SMILES string of the molecule is CCCCCCCCCCCCc1ccc(-c2cccc(-c3ccc(CCCCCCCCCCCC)cc3)[o+]2)cc1.F[B-](F)(F)F. The van der Waals surface area contributed by atoms with Gasteiger partial charge in [0.25, 0.3) is 0 Å². The van der Waals surface area contributed by atoms with Gasteiger partial charge in [-0.15, -0.1) is 0 Å². The fourth-order valence-electron chi connectivity index (χ4n) is 6.02. The van der Waals surface area contributed by atoms with E-state index in [1.165, 1.54) is 152 Å². The predicted octanol–water partition coefficient (Wildman–Crippen LogP) is 15.1. The third-order valence-electron chi connectivity index (χ3n) is 8.83. The average Bonchev–Trinajstić information content (AvgIpc) is 3.06. The molecule has 0 unspecified atom stereocenters. The molecule has 0 radical (unpaired) electrons. The number of halogens is 4. The molecular weight excluding hydrogens is 595 g/mol. The Balaban J connectivity index is 0.00000142. The van der Waals surface area contributed by atoms with Gasteiger partial charge in [-0.1, -0.05) is 154 Å². The first-order chi connectivity index (χ1) is 22.8. The molecule has 3 rings (SSSR count). The maximum atomic E-state index is 9.75. The molecule has 47 heavy (non-hydrogen) atoms. The minimum Gasteiger partial charge on any atom is -0.418 e. The molecule has 1 aromatic heterocycles. The van der Waals surface area contributed by atoms with E-state index in [2.05, 4.69) is 80.6 Å². The van der Waals surface area contributed by atoms with Crippen LogP contribution in [0.3, 0.4) is 0 Å². The second kappa shape index (κ2) is 25.4. The first kappa shape index (κ1) is 40.5. The number of benzene rings is 2. The van der Waals surface area contributed by atoms with Gasteiger partial charge in [0.2, 0.25) is 0 Å². The lowest BCUT2D eigenvalue weighted by molar-refractivity contribution is 0.368. The molecule has 6 heteroatoms. The van der Waals surface area contributed by atoms with E-state index in [4.69, 9.17) is 4.42 Å². The molecular formula is C41H61BF4O. The molecule has 1 nitrogen and oxygen atoms in total. The molecule has 0 amide bonds. The van der Waals surface area contributed by atoms with Gasteiger partial charge < -0.3 is 17.3 Å². The fourth-order valence-corrected chi connectivity index (χ4v) is 6.02.